The number of benzene rings is 6. The molecule has 0 unspecified atom stereocenters. The van der Waals surface area contributed by atoms with Gasteiger partial charge in [0.25, 0.3) is 0 Å². The van der Waals surface area contributed by atoms with Crippen molar-refractivity contribution in [2.75, 3.05) is 0 Å². The van der Waals surface area contributed by atoms with Crippen molar-refractivity contribution >= 4 is 75.3 Å². The molecule has 0 aliphatic rings. The lowest BCUT2D eigenvalue weighted by Crippen LogP contribution is -2.05. The maximum atomic E-state index is 13.9. The molecular formula is C47H28N6O2S. The molecule has 0 radical (unpaired) electrons. The highest BCUT2D eigenvalue weighted by Gasteiger charge is 2.29. The number of nitrogens with zero attached hydrogens (tertiary/aromatic N) is 6. The van der Waals surface area contributed by atoms with Crippen LogP contribution in [0.4, 0.5) is 0 Å². The van der Waals surface area contributed by atoms with Crippen molar-refractivity contribution in [1.82, 2.24) is 23.7 Å². The van der Waals surface area contributed by atoms with E-state index >= 15 is 0 Å². The molecule has 0 atom stereocenters. The van der Waals surface area contributed by atoms with Crippen molar-refractivity contribution in [3.63, 3.8) is 0 Å². The average Bonchev–Trinajstić information content (AvgIpc) is 3.90. The van der Waals surface area contributed by atoms with E-state index in [2.05, 4.69) is 80.4 Å². The zero-order valence-electron chi connectivity index (χ0n) is 29.6. The summed E-state index contributed by atoms with van der Waals surface area (Å²) in [4.78, 5) is 9.91. The minimum Gasteiger partial charge on any atom is -0.308 e. The Hall–Kier alpha value is -7.54. The molecule has 0 bridgehead atoms. The van der Waals surface area contributed by atoms with E-state index in [0.29, 0.717) is 0 Å². The van der Waals surface area contributed by atoms with Crippen LogP contribution in [-0.2, 0) is 9.84 Å². The summed E-state index contributed by atoms with van der Waals surface area (Å²) in [6.07, 6.45) is 3.65. The normalized spacial score (nSPS) is 12.1. The number of rotatable bonds is 5. The fourth-order valence-electron chi connectivity index (χ4n) is 8.56. The highest BCUT2D eigenvalue weighted by molar-refractivity contribution is 7.91. The first-order chi connectivity index (χ1) is 27.6. The summed E-state index contributed by atoms with van der Waals surface area (Å²) in [7, 11) is -3.98. The predicted molar refractivity (Wildman–Crippen MR) is 222 cm³/mol. The molecule has 0 fully saturated rings. The Bertz CT molecular complexity index is 3470. The zero-order chi connectivity index (χ0) is 37.5. The largest absolute Gasteiger partial charge is 0.308 e. The monoisotopic (exact) mass is 740 g/mol. The van der Waals surface area contributed by atoms with Gasteiger partial charge in [0.2, 0.25) is 9.84 Å². The second-order valence-corrected chi connectivity index (χ2v) is 15.6. The van der Waals surface area contributed by atoms with Crippen LogP contribution in [-0.4, -0.2) is 32.1 Å². The molecule has 0 aliphatic heterocycles. The van der Waals surface area contributed by atoms with Crippen LogP contribution >= 0.6 is 0 Å². The number of sulfone groups is 1. The summed E-state index contributed by atoms with van der Waals surface area (Å²) in [6.45, 7) is 0. The third-order valence-corrected chi connectivity index (χ3v) is 12.6. The molecule has 0 saturated carbocycles. The molecule has 11 aromatic rings. The van der Waals surface area contributed by atoms with Crippen LogP contribution in [0.3, 0.4) is 0 Å². The number of para-hydroxylation sites is 3. The highest BCUT2D eigenvalue weighted by Crippen LogP contribution is 2.50. The van der Waals surface area contributed by atoms with Crippen molar-refractivity contribution in [3.8, 4) is 23.4 Å². The molecule has 0 spiro atoms. The number of fused-ring (bicyclic) bond motifs is 12. The number of aromatic nitrogens is 5. The zero-order valence-corrected chi connectivity index (χ0v) is 30.4. The Morgan fingerprint density at radius 2 is 0.893 bits per heavy atom. The second kappa shape index (κ2) is 12.0. The van der Waals surface area contributed by atoms with Gasteiger partial charge in [0.1, 0.15) is 17.7 Å². The molecule has 0 N–H and O–H groups in total. The van der Waals surface area contributed by atoms with Gasteiger partial charge >= 0.3 is 0 Å². The fraction of sp³-hybridized carbons (Fsp3) is 0. The van der Waals surface area contributed by atoms with E-state index in [9.17, 15) is 13.7 Å². The van der Waals surface area contributed by atoms with Gasteiger partial charge in [0, 0.05) is 50.4 Å². The van der Waals surface area contributed by atoms with Crippen LogP contribution in [0.5, 0.6) is 0 Å². The Kier molecular flexibility index (Phi) is 6.83. The van der Waals surface area contributed by atoms with E-state index in [1.54, 1.807) is 24.3 Å². The van der Waals surface area contributed by atoms with Crippen LogP contribution in [0.1, 0.15) is 5.56 Å². The summed E-state index contributed by atoms with van der Waals surface area (Å²) >= 11 is 0. The molecule has 8 nitrogen and oxygen atoms in total. The Labute approximate surface area is 320 Å². The number of hydrogen-bond donors (Lipinski definition) is 0. The van der Waals surface area contributed by atoms with Gasteiger partial charge in [0.15, 0.2) is 0 Å². The highest BCUT2D eigenvalue weighted by atomic mass is 32.2. The molecule has 9 heteroatoms. The van der Waals surface area contributed by atoms with Crippen molar-refractivity contribution in [1.29, 1.82) is 5.26 Å². The lowest BCUT2D eigenvalue weighted by atomic mass is 10.0. The molecule has 0 aliphatic carbocycles. The minimum absolute atomic E-state index is 0.0131. The van der Waals surface area contributed by atoms with Crippen molar-refractivity contribution in [2.45, 2.75) is 9.79 Å². The van der Waals surface area contributed by atoms with Crippen molar-refractivity contribution in [2.24, 2.45) is 0 Å². The van der Waals surface area contributed by atoms with Crippen molar-refractivity contribution < 1.29 is 8.42 Å². The van der Waals surface area contributed by atoms with Crippen LogP contribution in [0.25, 0.3) is 82.7 Å². The Morgan fingerprint density at radius 1 is 0.464 bits per heavy atom. The minimum atomic E-state index is -3.98. The van der Waals surface area contributed by atoms with Gasteiger partial charge in [-0.2, -0.15) is 5.26 Å². The van der Waals surface area contributed by atoms with E-state index in [0.717, 1.165) is 82.7 Å². The maximum absolute atomic E-state index is 13.9. The smallest absolute Gasteiger partial charge is 0.207 e. The Morgan fingerprint density at radius 3 is 1.38 bits per heavy atom. The maximum Gasteiger partial charge on any atom is 0.207 e. The van der Waals surface area contributed by atoms with Gasteiger partial charge in [0.05, 0.1) is 48.5 Å². The van der Waals surface area contributed by atoms with Gasteiger partial charge in [-0.1, -0.05) is 78.9 Å². The van der Waals surface area contributed by atoms with E-state index in [-0.39, 0.29) is 15.4 Å². The summed E-state index contributed by atoms with van der Waals surface area (Å²) < 4.78 is 34.6. The molecule has 0 amide bonds. The van der Waals surface area contributed by atoms with Gasteiger partial charge in [-0.3, -0.25) is 9.13 Å². The first-order valence-electron chi connectivity index (χ1n) is 18.1. The topological polar surface area (TPSA) is 98.5 Å². The average molecular weight is 741 g/mol. The standard InChI is InChI=1S/C47H28N6O2S/c48-29-30-13-1-8-20-39(30)56(54,55)32-25-23-31(24-26-32)51-36-17-5-2-14-33(36)42-45(51)43-34-15-3-6-18-37(34)52(40-21-9-11-27-49-40)47(43)44-35-16-4-7-19-38(35)53(46(42)44)41-22-10-12-28-50-41/h1-28H. The fourth-order valence-corrected chi connectivity index (χ4v) is 9.97. The molecule has 0 saturated heterocycles. The summed E-state index contributed by atoms with van der Waals surface area (Å²) in [5, 5.41) is 16.1. The van der Waals surface area contributed by atoms with Crippen LogP contribution in [0.2, 0.25) is 0 Å². The molecular weight excluding hydrogens is 713 g/mol. The lowest BCUT2D eigenvalue weighted by molar-refractivity contribution is 0.596. The molecule has 5 heterocycles. The first kappa shape index (κ1) is 31.9. The van der Waals surface area contributed by atoms with E-state index in [1.807, 2.05) is 73.1 Å². The quantitative estimate of drug-likeness (QED) is 0.175. The number of nitriles is 1. The van der Waals surface area contributed by atoms with Gasteiger partial charge < -0.3 is 4.57 Å². The predicted octanol–water partition coefficient (Wildman–Crippen LogP) is 10.5. The molecule has 56 heavy (non-hydrogen) atoms. The van der Waals surface area contributed by atoms with Crippen LogP contribution < -0.4 is 0 Å². The lowest BCUT2D eigenvalue weighted by Gasteiger charge is -2.13. The van der Waals surface area contributed by atoms with E-state index in [1.165, 1.54) is 12.1 Å². The second-order valence-electron chi connectivity index (χ2n) is 13.7. The summed E-state index contributed by atoms with van der Waals surface area (Å²) in [6, 6.07) is 52.6. The van der Waals surface area contributed by atoms with E-state index in [4.69, 9.17) is 9.97 Å². The number of hydrogen-bond acceptors (Lipinski definition) is 5. The third kappa shape index (κ3) is 4.36. The van der Waals surface area contributed by atoms with Crippen LogP contribution in [0.15, 0.2) is 180 Å². The third-order valence-electron chi connectivity index (χ3n) is 10.8. The molecule has 11 rings (SSSR count). The number of pyridine rings is 2. The summed E-state index contributed by atoms with van der Waals surface area (Å²) in [5.41, 5.74) is 6.90. The van der Waals surface area contributed by atoms with Gasteiger partial charge in [-0.05, 0) is 78.9 Å². The SMILES string of the molecule is N#Cc1ccccc1S(=O)(=O)c1ccc(-n2c3ccccc3c3c2c2c4ccccc4n(-c4ccccn4)c2c2c4ccccc4n(-c4ccccn4)c32)cc1. The van der Waals surface area contributed by atoms with Crippen molar-refractivity contribution in [3.05, 3.63) is 176 Å². The molecule has 6 aromatic carbocycles. The first-order valence-corrected chi connectivity index (χ1v) is 19.6. The molecule has 5 aromatic heterocycles. The summed E-state index contributed by atoms with van der Waals surface area (Å²) in [5.74, 6) is 1.59. The van der Waals surface area contributed by atoms with Gasteiger partial charge in [-0.15, -0.1) is 0 Å². The van der Waals surface area contributed by atoms with Crippen LogP contribution in [0, 0.1) is 11.3 Å². The Balaban J connectivity index is 1.36. The molecule has 264 valence electrons. The van der Waals surface area contributed by atoms with E-state index < -0.39 is 9.84 Å². The van der Waals surface area contributed by atoms with Gasteiger partial charge in [-0.25, -0.2) is 18.4 Å².